The van der Waals surface area contributed by atoms with Gasteiger partial charge in [0.2, 0.25) is 0 Å². The van der Waals surface area contributed by atoms with Gasteiger partial charge in [-0.3, -0.25) is 9.13 Å². The maximum absolute atomic E-state index is 13.0. The Morgan fingerprint density at radius 2 is 0.929 bits per heavy atom. The summed E-state index contributed by atoms with van der Waals surface area (Å²) in [6.45, 7) is 8.49. The van der Waals surface area contributed by atoms with Crippen molar-refractivity contribution in [1.82, 2.24) is 0 Å². The Kier molecular flexibility index (Phi) is 12.0. The predicted molar refractivity (Wildman–Crippen MR) is 109 cm³/mol. The molecule has 168 valence electrons. The van der Waals surface area contributed by atoms with E-state index in [2.05, 4.69) is 0 Å². The van der Waals surface area contributed by atoms with Gasteiger partial charge in [-0.15, -0.1) is 0 Å². The summed E-state index contributed by atoms with van der Waals surface area (Å²) < 4.78 is 59.2. The lowest BCUT2D eigenvalue weighted by Gasteiger charge is -2.41. The van der Waals surface area contributed by atoms with Crippen LogP contribution < -0.4 is 0 Å². The van der Waals surface area contributed by atoms with E-state index in [0.717, 1.165) is 0 Å². The van der Waals surface area contributed by atoms with Crippen molar-refractivity contribution in [2.24, 2.45) is 11.8 Å². The number of rotatable bonds is 14. The van der Waals surface area contributed by atoms with Crippen molar-refractivity contribution in [3.63, 3.8) is 0 Å². The van der Waals surface area contributed by atoms with Gasteiger partial charge in [0.05, 0.1) is 51.0 Å². The van der Waals surface area contributed by atoms with Gasteiger partial charge in [0, 0.05) is 14.2 Å². The third kappa shape index (κ3) is 7.81. The highest BCUT2D eigenvalue weighted by molar-refractivity contribution is 7.54. The fourth-order valence-electron chi connectivity index (χ4n) is 3.89. The Hall–Kier alpha value is 0.220. The summed E-state index contributed by atoms with van der Waals surface area (Å²) >= 11 is 0. The lowest BCUT2D eigenvalue weighted by molar-refractivity contribution is -0.0582. The molecule has 8 nitrogen and oxygen atoms in total. The van der Waals surface area contributed by atoms with Gasteiger partial charge in [0.25, 0.3) is 0 Å². The summed E-state index contributed by atoms with van der Waals surface area (Å²) in [4.78, 5) is 0. The van der Waals surface area contributed by atoms with Crippen LogP contribution in [0.2, 0.25) is 0 Å². The van der Waals surface area contributed by atoms with E-state index in [1.807, 2.05) is 0 Å². The Morgan fingerprint density at radius 1 is 0.643 bits per heavy atom. The first-order chi connectivity index (χ1) is 13.3. The van der Waals surface area contributed by atoms with Gasteiger partial charge in [-0.05, 0) is 52.4 Å². The molecule has 10 heteroatoms. The summed E-state index contributed by atoms with van der Waals surface area (Å²) in [5.74, 6) is -0.0950. The Morgan fingerprint density at radius 3 is 1.14 bits per heavy atom. The largest absolute Gasteiger partial charge is 0.381 e. The van der Waals surface area contributed by atoms with Gasteiger partial charge in [-0.25, -0.2) is 0 Å². The van der Waals surface area contributed by atoms with E-state index in [9.17, 15) is 9.13 Å². The second-order valence-electron chi connectivity index (χ2n) is 6.80. The van der Waals surface area contributed by atoms with E-state index < -0.39 is 15.2 Å². The molecule has 1 aliphatic rings. The molecule has 0 radical (unpaired) electrons. The minimum Gasteiger partial charge on any atom is -0.381 e. The van der Waals surface area contributed by atoms with Gasteiger partial charge >= 0.3 is 15.2 Å². The highest BCUT2D eigenvalue weighted by Crippen LogP contribution is 2.55. The van der Waals surface area contributed by atoms with Crippen LogP contribution in [0.3, 0.4) is 0 Å². The molecule has 0 amide bonds. The average Bonchev–Trinajstić information content (AvgIpc) is 2.63. The zero-order chi connectivity index (χ0) is 21.2. The molecule has 1 saturated carbocycles. The summed E-state index contributed by atoms with van der Waals surface area (Å²) in [6.07, 6.45) is 1.44. The highest BCUT2D eigenvalue weighted by atomic mass is 31.2. The van der Waals surface area contributed by atoms with Crippen LogP contribution in [0.25, 0.3) is 0 Å². The van der Waals surface area contributed by atoms with Crippen molar-refractivity contribution in [2.45, 2.75) is 52.7 Å². The molecule has 0 aromatic heterocycles. The van der Waals surface area contributed by atoms with E-state index in [1.54, 1.807) is 41.9 Å². The zero-order valence-corrected chi connectivity index (χ0v) is 19.9. The summed E-state index contributed by atoms with van der Waals surface area (Å²) in [5.41, 5.74) is 0. The highest BCUT2D eigenvalue weighted by Gasteiger charge is 2.44. The van der Waals surface area contributed by atoms with Crippen molar-refractivity contribution < 1.29 is 36.7 Å². The SMILES string of the molecule is CCOP(=O)(CC1CC(OC)C(CP(=O)(OCC)OCC)CC1OC)OCC. The zero-order valence-electron chi connectivity index (χ0n) is 18.1. The molecule has 0 N–H and O–H groups in total. The van der Waals surface area contributed by atoms with E-state index in [4.69, 9.17) is 27.6 Å². The van der Waals surface area contributed by atoms with Crippen LogP contribution in [-0.4, -0.2) is 65.2 Å². The van der Waals surface area contributed by atoms with Crippen LogP contribution in [-0.2, 0) is 36.7 Å². The minimum absolute atomic E-state index is 0.0475. The monoisotopic (exact) mass is 444 g/mol. The maximum atomic E-state index is 13.0. The molecule has 4 unspecified atom stereocenters. The summed E-state index contributed by atoms with van der Waals surface area (Å²) in [5, 5.41) is 0. The van der Waals surface area contributed by atoms with Crippen LogP contribution in [0.5, 0.6) is 0 Å². The second-order valence-corrected chi connectivity index (χ2v) is 11.0. The second kappa shape index (κ2) is 12.8. The molecule has 0 bridgehead atoms. The van der Waals surface area contributed by atoms with Gasteiger partial charge in [-0.2, -0.15) is 0 Å². The van der Waals surface area contributed by atoms with Crippen molar-refractivity contribution in [3.05, 3.63) is 0 Å². The lowest BCUT2D eigenvalue weighted by Crippen LogP contribution is -2.43. The molecule has 1 aliphatic carbocycles. The van der Waals surface area contributed by atoms with Gasteiger partial charge < -0.3 is 27.6 Å². The molecule has 28 heavy (non-hydrogen) atoms. The minimum atomic E-state index is -3.20. The molecule has 4 atom stereocenters. The lowest BCUT2D eigenvalue weighted by atomic mass is 9.79. The molecule has 0 saturated heterocycles. The van der Waals surface area contributed by atoms with Gasteiger partial charge in [0.15, 0.2) is 0 Å². The average molecular weight is 444 g/mol. The summed E-state index contributed by atoms with van der Waals surface area (Å²) in [7, 11) is -3.12. The Balaban J connectivity index is 2.95. The van der Waals surface area contributed by atoms with Gasteiger partial charge in [0.1, 0.15) is 0 Å². The van der Waals surface area contributed by atoms with Crippen LogP contribution in [0.4, 0.5) is 0 Å². The van der Waals surface area contributed by atoms with Crippen molar-refractivity contribution >= 4 is 15.2 Å². The number of methoxy groups -OCH3 is 2. The fourth-order valence-corrected chi connectivity index (χ4v) is 7.95. The quantitative estimate of drug-likeness (QED) is 0.360. The topological polar surface area (TPSA) is 89.5 Å². The van der Waals surface area contributed by atoms with Gasteiger partial charge in [-0.1, -0.05) is 0 Å². The first-order valence-electron chi connectivity index (χ1n) is 10.1. The molecule has 0 aromatic rings. The molecule has 0 heterocycles. The van der Waals surface area contributed by atoms with Crippen LogP contribution in [0, 0.1) is 11.8 Å². The van der Waals surface area contributed by atoms with E-state index >= 15 is 0 Å². The Labute approximate surface area is 170 Å². The normalized spacial score (nSPS) is 26.5. The molecule has 0 aliphatic heterocycles. The smallest absolute Gasteiger partial charge is 0.331 e. The first-order valence-corrected chi connectivity index (χ1v) is 13.6. The Bertz CT molecular complexity index is 464. The molecule has 0 spiro atoms. The molecule has 1 rings (SSSR count). The van der Waals surface area contributed by atoms with Crippen molar-refractivity contribution in [2.75, 3.05) is 53.0 Å². The van der Waals surface area contributed by atoms with Crippen LogP contribution >= 0.6 is 15.2 Å². The van der Waals surface area contributed by atoms with Crippen molar-refractivity contribution in [1.29, 1.82) is 0 Å². The molecular formula is C18H38O8P2. The maximum Gasteiger partial charge on any atom is 0.331 e. The first kappa shape index (κ1) is 26.3. The molecule has 1 fully saturated rings. The van der Waals surface area contributed by atoms with Crippen molar-refractivity contribution in [3.8, 4) is 0 Å². The molecular weight excluding hydrogens is 406 g/mol. The third-order valence-electron chi connectivity index (χ3n) is 4.95. The van der Waals surface area contributed by atoms with Crippen LogP contribution in [0.15, 0.2) is 0 Å². The van der Waals surface area contributed by atoms with E-state index in [-0.39, 0.29) is 36.4 Å². The number of hydrogen-bond donors (Lipinski definition) is 0. The van der Waals surface area contributed by atoms with Crippen LogP contribution in [0.1, 0.15) is 40.5 Å². The standard InChI is InChI=1S/C18H38O8P2/c1-7-23-27(19,24-8-2)13-15-11-18(22-6)16(12-17(15)21-5)14-28(20,25-9-3)26-10-4/h15-18H,7-14H2,1-6H3. The van der Waals surface area contributed by atoms with E-state index in [0.29, 0.717) is 39.3 Å². The number of ether oxygens (including phenoxy) is 2. The number of hydrogen-bond acceptors (Lipinski definition) is 8. The van der Waals surface area contributed by atoms with E-state index in [1.165, 1.54) is 0 Å². The predicted octanol–water partition coefficient (Wildman–Crippen LogP) is 4.57. The fraction of sp³-hybridized carbons (Fsp3) is 1.00. The third-order valence-corrected chi connectivity index (χ3v) is 9.39. The summed E-state index contributed by atoms with van der Waals surface area (Å²) in [6, 6.07) is 0. The molecule has 0 aromatic carbocycles.